The normalized spacial score (nSPS) is 28.0. The van der Waals surface area contributed by atoms with Crippen LogP contribution in [0.25, 0.3) is 0 Å². The molecule has 1 aliphatic heterocycles. The zero-order valence-electron chi connectivity index (χ0n) is 10.7. The molecule has 1 heterocycles. The first-order valence-electron chi connectivity index (χ1n) is 5.71. The van der Waals surface area contributed by atoms with Crippen LogP contribution in [0.2, 0.25) is 0 Å². The molecule has 0 spiro atoms. The molecule has 1 rings (SSSR count). The van der Waals surface area contributed by atoms with Crippen LogP contribution in [0, 0.1) is 5.41 Å². The molecular formula is C11H26N4. The maximum absolute atomic E-state index is 5.70. The summed E-state index contributed by atoms with van der Waals surface area (Å²) in [5.74, 6) is 5.70. The van der Waals surface area contributed by atoms with Gasteiger partial charge in [-0.3, -0.25) is 16.2 Å². The molecule has 3 N–H and O–H groups in total. The van der Waals surface area contributed by atoms with Gasteiger partial charge in [-0.2, -0.15) is 0 Å². The molecule has 1 saturated heterocycles. The van der Waals surface area contributed by atoms with Crippen LogP contribution in [0.4, 0.5) is 0 Å². The molecule has 0 aromatic rings. The molecule has 90 valence electrons. The van der Waals surface area contributed by atoms with Crippen molar-refractivity contribution in [2.75, 3.05) is 33.7 Å². The van der Waals surface area contributed by atoms with Crippen molar-refractivity contribution in [2.45, 2.75) is 32.9 Å². The molecule has 0 aliphatic carbocycles. The molecule has 2 atom stereocenters. The van der Waals surface area contributed by atoms with Crippen LogP contribution >= 0.6 is 0 Å². The number of hydrazine groups is 1. The van der Waals surface area contributed by atoms with E-state index in [-0.39, 0.29) is 5.41 Å². The fraction of sp³-hybridized carbons (Fsp3) is 1.00. The number of hydrogen-bond acceptors (Lipinski definition) is 4. The van der Waals surface area contributed by atoms with Gasteiger partial charge in [-0.15, -0.1) is 0 Å². The highest BCUT2D eigenvalue weighted by atomic mass is 15.3. The average Bonchev–Trinajstić information content (AvgIpc) is 2.10. The summed E-state index contributed by atoms with van der Waals surface area (Å²) in [7, 11) is 4.37. The van der Waals surface area contributed by atoms with Crippen LogP contribution in [-0.2, 0) is 0 Å². The maximum atomic E-state index is 5.70. The third kappa shape index (κ3) is 3.14. The van der Waals surface area contributed by atoms with E-state index in [2.05, 4.69) is 50.1 Å². The zero-order chi connectivity index (χ0) is 11.6. The van der Waals surface area contributed by atoms with Crippen molar-refractivity contribution in [1.29, 1.82) is 0 Å². The minimum Gasteiger partial charge on any atom is -0.303 e. The summed E-state index contributed by atoms with van der Waals surface area (Å²) in [6.45, 7) is 10.1. The van der Waals surface area contributed by atoms with Gasteiger partial charge in [0.25, 0.3) is 0 Å². The van der Waals surface area contributed by atoms with Crippen molar-refractivity contribution >= 4 is 0 Å². The van der Waals surface area contributed by atoms with Crippen molar-refractivity contribution in [1.82, 2.24) is 15.2 Å². The number of likely N-dealkylation sites (N-methyl/N-ethyl adjacent to an activating group) is 2. The smallest absolute Gasteiger partial charge is 0.0426 e. The second-order valence-electron chi connectivity index (χ2n) is 5.82. The lowest BCUT2D eigenvalue weighted by Gasteiger charge is -2.46. The Hall–Kier alpha value is -0.160. The summed E-state index contributed by atoms with van der Waals surface area (Å²) in [5.41, 5.74) is 3.18. The molecule has 1 fully saturated rings. The van der Waals surface area contributed by atoms with Crippen molar-refractivity contribution in [3.8, 4) is 0 Å². The lowest BCUT2D eigenvalue weighted by molar-refractivity contribution is 0.0529. The minimum atomic E-state index is 0.186. The summed E-state index contributed by atoms with van der Waals surface area (Å²) in [5, 5.41) is 0. The number of piperazine rings is 1. The Bertz CT molecular complexity index is 199. The van der Waals surface area contributed by atoms with E-state index in [0.717, 1.165) is 19.6 Å². The molecule has 1 aliphatic rings. The zero-order valence-corrected chi connectivity index (χ0v) is 10.7. The first-order valence-corrected chi connectivity index (χ1v) is 5.71. The first kappa shape index (κ1) is 12.9. The van der Waals surface area contributed by atoms with Crippen LogP contribution in [0.1, 0.15) is 20.8 Å². The van der Waals surface area contributed by atoms with E-state index in [9.17, 15) is 0 Å². The summed E-state index contributed by atoms with van der Waals surface area (Å²) in [4.78, 5) is 4.79. The van der Waals surface area contributed by atoms with Crippen molar-refractivity contribution in [3.05, 3.63) is 0 Å². The van der Waals surface area contributed by atoms with Gasteiger partial charge in [0.1, 0.15) is 0 Å². The Labute approximate surface area is 93.8 Å². The standard InChI is InChI=1S/C11H26N4/c1-11(2,3)10(13-12)9-8-14(4)6-7-15(9)5/h9-10,13H,6-8,12H2,1-5H3. The fourth-order valence-corrected chi connectivity index (χ4v) is 2.34. The Morgan fingerprint density at radius 3 is 2.33 bits per heavy atom. The van der Waals surface area contributed by atoms with Crippen LogP contribution in [0.3, 0.4) is 0 Å². The second-order valence-corrected chi connectivity index (χ2v) is 5.82. The van der Waals surface area contributed by atoms with E-state index in [1.165, 1.54) is 0 Å². The SMILES string of the molecule is CN1CCN(C)C(C(NN)C(C)(C)C)C1. The molecular weight excluding hydrogens is 188 g/mol. The summed E-state index contributed by atoms with van der Waals surface area (Å²) in [6.07, 6.45) is 0. The van der Waals surface area contributed by atoms with Gasteiger partial charge in [0.15, 0.2) is 0 Å². The van der Waals surface area contributed by atoms with Gasteiger partial charge in [-0.25, -0.2) is 0 Å². The summed E-state index contributed by atoms with van der Waals surface area (Å²) < 4.78 is 0. The maximum Gasteiger partial charge on any atom is 0.0426 e. The topological polar surface area (TPSA) is 44.5 Å². The summed E-state index contributed by atoms with van der Waals surface area (Å²) in [6, 6.07) is 0.819. The van der Waals surface area contributed by atoms with E-state index in [1.54, 1.807) is 0 Å². The number of nitrogens with one attached hydrogen (secondary N) is 1. The Morgan fingerprint density at radius 2 is 1.87 bits per heavy atom. The highest BCUT2D eigenvalue weighted by molar-refractivity contribution is 4.94. The first-order chi connectivity index (χ1) is 6.86. The third-order valence-electron chi connectivity index (χ3n) is 3.40. The van der Waals surface area contributed by atoms with Crippen molar-refractivity contribution in [2.24, 2.45) is 11.3 Å². The molecule has 4 heteroatoms. The molecule has 0 amide bonds. The average molecular weight is 214 g/mol. The molecule has 0 bridgehead atoms. The van der Waals surface area contributed by atoms with E-state index in [1.807, 2.05) is 0 Å². The van der Waals surface area contributed by atoms with Crippen molar-refractivity contribution < 1.29 is 0 Å². The molecule has 0 radical (unpaired) electrons. The van der Waals surface area contributed by atoms with Crippen LogP contribution in [-0.4, -0.2) is 55.6 Å². The minimum absolute atomic E-state index is 0.186. The lowest BCUT2D eigenvalue weighted by Crippen LogP contribution is -2.63. The van der Waals surface area contributed by atoms with E-state index in [4.69, 9.17) is 5.84 Å². The van der Waals surface area contributed by atoms with Crippen molar-refractivity contribution in [3.63, 3.8) is 0 Å². The van der Waals surface area contributed by atoms with Crippen LogP contribution in [0.5, 0.6) is 0 Å². The Kier molecular flexibility index (Phi) is 4.12. The molecule has 4 nitrogen and oxygen atoms in total. The van der Waals surface area contributed by atoms with E-state index >= 15 is 0 Å². The van der Waals surface area contributed by atoms with Gasteiger partial charge >= 0.3 is 0 Å². The Morgan fingerprint density at radius 1 is 1.27 bits per heavy atom. The second kappa shape index (κ2) is 4.78. The molecule has 2 unspecified atom stereocenters. The van der Waals surface area contributed by atoms with Crippen LogP contribution in [0.15, 0.2) is 0 Å². The Balaban J connectivity index is 2.73. The van der Waals surface area contributed by atoms with Gasteiger partial charge in [0, 0.05) is 31.7 Å². The number of nitrogens with zero attached hydrogens (tertiary/aromatic N) is 2. The van der Waals surface area contributed by atoms with E-state index < -0.39 is 0 Å². The van der Waals surface area contributed by atoms with Gasteiger partial charge in [0.2, 0.25) is 0 Å². The number of nitrogens with two attached hydrogens (primary N) is 1. The van der Waals surface area contributed by atoms with Gasteiger partial charge in [-0.1, -0.05) is 20.8 Å². The molecule has 0 aromatic heterocycles. The predicted octanol–water partition coefficient (Wildman–Crippen LogP) is 0.110. The van der Waals surface area contributed by atoms with E-state index in [0.29, 0.717) is 12.1 Å². The highest BCUT2D eigenvalue weighted by Crippen LogP contribution is 2.25. The number of rotatable bonds is 2. The third-order valence-corrected chi connectivity index (χ3v) is 3.40. The van der Waals surface area contributed by atoms with Gasteiger partial charge in [0.05, 0.1) is 0 Å². The van der Waals surface area contributed by atoms with Crippen LogP contribution < -0.4 is 11.3 Å². The molecule has 15 heavy (non-hydrogen) atoms. The van der Waals surface area contributed by atoms with Gasteiger partial charge < -0.3 is 4.90 Å². The quantitative estimate of drug-likeness (QED) is 0.506. The molecule has 0 aromatic carbocycles. The monoisotopic (exact) mass is 214 g/mol. The largest absolute Gasteiger partial charge is 0.303 e. The predicted molar refractivity (Wildman–Crippen MR) is 64.5 cm³/mol. The lowest BCUT2D eigenvalue weighted by atomic mass is 9.81. The number of hydrogen-bond donors (Lipinski definition) is 2. The fourth-order valence-electron chi connectivity index (χ4n) is 2.34. The molecule has 0 saturated carbocycles. The highest BCUT2D eigenvalue weighted by Gasteiger charge is 2.36. The van der Waals surface area contributed by atoms with Gasteiger partial charge in [-0.05, 0) is 19.5 Å². The summed E-state index contributed by atoms with van der Waals surface area (Å²) >= 11 is 0.